The molecule has 1 saturated heterocycles. The fourth-order valence-electron chi connectivity index (χ4n) is 2.64. The molecule has 7 heteroatoms. The summed E-state index contributed by atoms with van der Waals surface area (Å²) in [5, 5.41) is 5.78. The number of carbonyl (C=O) groups is 1. The van der Waals surface area contributed by atoms with Crippen molar-refractivity contribution in [3.05, 3.63) is 58.2 Å². The summed E-state index contributed by atoms with van der Waals surface area (Å²) in [6.07, 6.45) is 1.81. The maximum Gasteiger partial charge on any atom is 0.260 e. The van der Waals surface area contributed by atoms with Gasteiger partial charge in [-0.05, 0) is 48.4 Å². The van der Waals surface area contributed by atoms with Crippen molar-refractivity contribution < 1.29 is 18.7 Å². The molecule has 2 N–H and O–H groups in total. The number of anilines is 1. The van der Waals surface area contributed by atoms with Crippen molar-refractivity contribution in [1.82, 2.24) is 5.32 Å². The molecule has 128 valence electrons. The summed E-state index contributed by atoms with van der Waals surface area (Å²) in [6, 6.07) is 10.1. The van der Waals surface area contributed by atoms with Gasteiger partial charge in [0, 0.05) is 0 Å². The molecule has 2 aliphatic heterocycles. The van der Waals surface area contributed by atoms with Gasteiger partial charge in [0.25, 0.3) is 5.91 Å². The molecule has 0 aromatic heterocycles. The Morgan fingerprint density at radius 2 is 2.04 bits per heavy atom. The van der Waals surface area contributed by atoms with Gasteiger partial charge >= 0.3 is 0 Å². The summed E-state index contributed by atoms with van der Waals surface area (Å²) in [5.41, 5.74) is 1.79. The molecule has 2 aliphatic rings. The minimum atomic E-state index is -0.426. The van der Waals surface area contributed by atoms with Gasteiger partial charge in [-0.15, -0.1) is 0 Å². The first-order chi connectivity index (χ1) is 12.1. The van der Waals surface area contributed by atoms with Crippen LogP contribution in [0.1, 0.15) is 11.1 Å². The molecule has 5 nitrogen and oxygen atoms in total. The van der Waals surface area contributed by atoms with E-state index >= 15 is 0 Å². The van der Waals surface area contributed by atoms with Gasteiger partial charge in [-0.2, -0.15) is 0 Å². The number of ether oxygens (including phenoxy) is 2. The van der Waals surface area contributed by atoms with Gasteiger partial charge in [0.15, 0.2) is 17.0 Å². The fourth-order valence-corrected chi connectivity index (χ4v) is 3.61. The van der Waals surface area contributed by atoms with E-state index < -0.39 is 5.50 Å². The van der Waals surface area contributed by atoms with Crippen LogP contribution in [0.5, 0.6) is 11.5 Å². The van der Waals surface area contributed by atoms with Crippen molar-refractivity contribution in [2.75, 3.05) is 12.1 Å². The lowest BCUT2D eigenvalue weighted by Crippen LogP contribution is -2.31. The fraction of sp³-hybridized carbons (Fsp3) is 0.167. The Labute approximate surface area is 148 Å². The van der Waals surface area contributed by atoms with Crippen LogP contribution in [-0.2, 0) is 4.79 Å². The molecule has 0 spiro atoms. The molecule has 1 atom stereocenters. The van der Waals surface area contributed by atoms with E-state index in [9.17, 15) is 9.18 Å². The Bertz CT molecular complexity index is 885. The molecule has 0 bridgehead atoms. The van der Waals surface area contributed by atoms with Crippen molar-refractivity contribution >= 4 is 29.4 Å². The van der Waals surface area contributed by atoms with Crippen molar-refractivity contribution in [3.8, 4) is 11.5 Å². The number of thioether (sulfide) groups is 1. The van der Waals surface area contributed by atoms with Crippen LogP contribution >= 0.6 is 11.8 Å². The van der Waals surface area contributed by atoms with Crippen LogP contribution in [0.2, 0.25) is 0 Å². The van der Waals surface area contributed by atoms with E-state index in [1.807, 2.05) is 19.1 Å². The van der Waals surface area contributed by atoms with E-state index in [1.165, 1.54) is 17.8 Å². The van der Waals surface area contributed by atoms with Gasteiger partial charge in [-0.3, -0.25) is 4.79 Å². The average Bonchev–Trinajstić information content (AvgIpc) is 3.16. The second-order valence-electron chi connectivity index (χ2n) is 5.67. The summed E-state index contributed by atoms with van der Waals surface area (Å²) >= 11 is 1.31. The number of fused-ring (bicyclic) bond motifs is 1. The monoisotopic (exact) mass is 358 g/mol. The Balaban J connectivity index is 1.55. The quantitative estimate of drug-likeness (QED) is 0.823. The van der Waals surface area contributed by atoms with E-state index in [0.29, 0.717) is 22.1 Å². The Morgan fingerprint density at radius 3 is 2.84 bits per heavy atom. The lowest BCUT2D eigenvalue weighted by atomic mass is 10.1. The lowest BCUT2D eigenvalue weighted by Gasteiger charge is -2.13. The van der Waals surface area contributed by atoms with Crippen LogP contribution in [-0.4, -0.2) is 18.2 Å². The van der Waals surface area contributed by atoms with Crippen LogP contribution in [0.4, 0.5) is 10.1 Å². The van der Waals surface area contributed by atoms with Crippen LogP contribution in [0.15, 0.2) is 41.3 Å². The number of amides is 1. The van der Waals surface area contributed by atoms with Crippen molar-refractivity contribution in [3.63, 3.8) is 0 Å². The zero-order valence-electron chi connectivity index (χ0n) is 13.3. The number of rotatable bonds is 3. The maximum absolute atomic E-state index is 13.7. The zero-order valence-corrected chi connectivity index (χ0v) is 14.2. The first-order valence-electron chi connectivity index (χ1n) is 7.71. The first-order valence-corrected chi connectivity index (χ1v) is 8.58. The summed E-state index contributed by atoms with van der Waals surface area (Å²) in [6.45, 7) is 2.15. The number of nitrogens with one attached hydrogen (secondary N) is 2. The van der Waals surface area contributed by atoms with Crippen LogP contribution in [0.3, 0.4) is 0 Å². The van der Waals surface area contributed by atoms with E-state index in [0.717, 1.165) is 11.1 Å². The molecule has 4 rings (SSSR count). The third kappa shape index (κ3) is 3.15. The minimum Gasteiger partial charge on any atom is -0.454 e. The molecular formula is C18H15FN2O3S. The largest absolute Gasteiger partial charge is 0.454 e. The summed E-state index contributed by atoms with van der Waals surface area (Å²) in [4.78, 5) is 12.8. The second-order valence-corrected chi connectivity index (χ2v) is 6.81. The number of benzene rings is 2. The van der Waals surface area contributed by atoms with Crippen molar-refractivity contribution in [2.24, 2.45) is 0 Å². The smallest absolute Gasteiger partial charge is 0.260 e. The van der Waals surface area contributed by atoms with Gasteiger partial charge < -0.3 is 20.1 Å². The molecule has 25 heavy (non-hydrogen) atoms. The molecule has 0 saturated carbocycles. The molecule has 2 aromatic rings. The molecule has 2 heterocycles. The Hall–Kier alpha value is -2.67. The second kappa shape index (κ2) is 6.33. The zero-order chi connectivity index (χ0) is 17.4. The Kier molecular flexibility index (Phi) is 4.01. The molecule has 1 fully saturated rings. The standard InChI is InChI=1S/C18H15FN2O3S/c1-10-6-14-15(24-9-23-14)7-11(10)8-16-17(22)21-18(25-16)20-13-5-3-2-4-12(13)19/h2-8,18,20H,9H2,1H3,(H,21,22)/b16-8-. The van der Waals surface area contributed by atoms with Crippen molar-refractivity contribution in [1.29, 1.82) is 0 Å². The third-order valence-electron chi connectivity index (χ3n) is 3.94. The highest BCUT2D eigenvalue weighted by Crippen LogP contribution is 2.37. The Morgan fingerprint density at radius 1 is 1.28 bits per heavy atom. The molecule has 1 unspecified atom stereocenters. The van der Waals surface area contributed by atoms with Gasteiger partial charge in [0.2, 0.25) is 6.79 Å². The van der Waals surface area contributed by atoms with Gasteiger partial charge in [0.1, 0.15) is 5.82 Å². The molecule has 0 radical (unpaired) electrons. The highest BCUT2D eigenvalue weighted by atomic mass is 32.2. The number of halogens is 1. The molecule has 0 aliphatic carbocycles. The summed E-state index contributed by atoms with van der Waals surface area (Å²) < 4.78 is 24.5. The number of hydrogen-bond donors (Lipinski definition) is 2. The number of carbonyl (C=O) groups excluding carboxylic acids is 1. The SMILES string of the molecule is Cc1cc2c(cc1/C=C1\SC(Nc3ccccc3F)NC1=O)OCO2. The van der Waals surface area contributed by atoms with Crippen LogP contribution in [0.25, 0.3) is 6.08 Å². The van der Waals surface area contributed by atoms with Gasteiger partial charge in [-0.1, -0.05) is 23.9 Å². The van der Waals surface area contributed by atoms with E-state index in [-0.39, 0.29) is 18.5 Å². The highest BCUT2D eigenvalue weighted by molar-refractivity contribution is 8.05. The first kappa shape index (κ1) is 15.8. The maximum atomic E-state index is 13.7. The normalized spacial score (nSPS) is 20.0. The lowest BCUT2D eigenvalue weighted by molar-refractivity contribution is -0.116. The van der Waals surface area contributed by atoms with E-state index in [1.54, 1.807) is 24.3 Å². The summed E-state index contributed by atoms with van der Waals surface area (Å²) in [5.74, 6) is 0.821. The van der Waals surface area contributed by atoms with E-state index in [4.69, 9.17) is 9.47 Å². The van der Waals surface area contributed by atoms with Crippen LogP contribution < -0.4 is 20.1 Å². The van der Waals surface area contributed by atoms with Gasteiger partial charge in [0.05, 0.1) is 10.6 Å². The number of para-hydroxylation sites is 1. The van der Waals surface area contributed by atoms with Gasteiger partial charge in [-0.25, -0.2) is 4.39 Å². The highest BCUT2D eigenvalue weighted by Gasteiger charge is 2.28. The topological polar surface area (TPSA) is 59.6 Å². The molecular weight excluding hydrogens is 343 g/mol. The predicted molar refractivity (Wildman–Crippen MR) is 94.8 cm³/mol. The predicted octanol–water partition coefficient (Wildman–Crippen LogP) is 3.46. The minimum absolute atomic E-state index is 0.198. The number of aryl methyl sites for hydroxylation is 1. The van der Waals surface area contributed by atoms with E-state index in [2.05, 4.69) is 10.6 Å². The molecule has 2 aromatic carbocycles. The molecule has 1 amide bonds. The third-order valence-corrected chi connectivity index (χ3v) is 4.97. The number of hydrogen-bond acceptors (Lipinski definition) is 5. The average molecular weight is 358 g/mol. The van der Waals surface area contributed by atoms with Crippen molar-refractivity contribution in [2.45, 2.75) is 12.4 Å². The summed E-state index contributed by atoms with van der Waals surface area (Å²) in [7, 11) is 0. The van der Waals surface area contributed by atoms with Crippen LogP contribution in [0, 0.1) is 12.7 Å².